The fourth-order valence-electron chi connectivity index (χ4n) is 3.53. The van der Waals surface area contributed by atoms with Crippen LogP contribution < -0.4 is 5.32 Å². The van der Waals surface area contributed by atoms with Crippen molar-refractivity contribution in [3.05, 3.63) is 0 Å². The van der Waals surface area contributed by atoms with E-state index in [0.717, 1.165) is 45.1 Å². The molecule has 0 bridgehead atoms. The number of hydrogen-bond acceptors (Lipinski definition) is 2. The van der Waals surface area contributed by atoms with Gasteiger partial charge in [-0.3, -0.25) is 4.90 Å². The molecule has 2 saturated carbocycles. The number of alkyl halides is 3. The van der Waals surface area contributed by atoms with Crippen LogP contribution in [0, 0.1) is 5.41 Å². The minimum Gasteiger partial charge on any atom is -0.314 e. The summed E-state index contributed by atoms with van der Waals surface area (Å²) in [4.78, 5) is 1.72. The van der Waals surface area contributed by atoms with E-state index in [9.17, 15) is 13.2 Å². The molecule has 0 amide bonds. The van der Waals surface area contributed by atoms with Gasteiger partial charge in [-0.1, -0.05) is 33.1 Å². The van der Waals surface area contributed by atoms with Crippen molar-refractivity contribution in [1.82, 2.24) is 10.2 Å². The molecule has 2 aliphatic rings. The van der Waals surface area contributed by atoms with Gasteiger partial charge < -0.3 is 5.32 Å². The number of hydrogen-bond donors (Lipinski definition) is 1. The van der Waals surface area contributed by atoms with Gasteiger partial charge >= 0.3 is 6.18 Å². The average molecular weight is 306 g/mol. The van der Waals surface area contributed by atoms with Gasteiger partial charge in [0.05, 0.1) is 6.54 Å². The molecule has 0 atom stereocenters. The molecule has 2 aliphatic carbocycles. The van der Waals surface area contributed by atoms with Gasteiger partial charge in [-0.05, 0) is 31.1 Å². The van der Waals surface area contributed by atoms with E-state index in [1.54, 1.807) is 4.90 Å². The molecule has 0 heterocycles. The zero-order valence-electron chi connectivity index (χ0n) is 13.3. The minimum absolute atomic E-state index is 0.0381. The topological polar surface area (TPSA) is 15.3 Å². The molecule has 0 aliphatic heterocycles. The number of nitrogens with one attached hydrogen (secondary N) is 1. The van der Waals surface area contributed by atoms with E-state index in [1.807, 2.05) is 0 Å². The van der Waals surface area contributed by atoms with E-state index in [0.29, 0.717) is 12.6 Å². The molecule has 124 valence electrons. The molecule has 21 heavy (non-hydrogen) atoms. The first-order chi connectivity index (χ1) is 9.80. The second kappa shape index (κ2) is 6.86. The fourth-order valence-corrected chi connectivity index (χ4v) is 3.53. The van der Waals surface area contributed by atoms with Crippen molar-refractivity contribution in [1.29, 1.82) is 0 Å². The van der Waals surface area contributed by atoms with Crippen LogP contribution in [-0.4, -0.2) is 42.8 Å². The smallest absolute Gasteiger partial charge is 0.314 e. The second-order valence-electron chi connectivity index (χ2n) is 7.35. The Kier molecular flexibility index (Phi) is 5.58. The quantitative estimate of drug-likeness (QED) is 0.766. The summed E-state index contributed by atoms with van der Waals surface area (Å²) in [5, 5.41) is 3.48. The molecule has 1 N–H and O–H groups in total. The predicted molar refractivity (Wildman–Crippen MR) is 79.3 cm³/mol. The Morgan fingerprint density at radius 3 is 2.24 bits per heavy atom. The monoisotopic (exact) mass is 306 g/mol. The summed E-state index contributed by atoms with van der Waals surface area (Å²) in [6.45, 7) is 4.93. The van der Waals surface area contributed by atoms with E-state index in [-0.39, 0.29) is 11.5 Å². The summed E-state index contributed by atoms with van der Waals surface area (Å²) < 4.78 is 38.5. The van der Waals surface area contributed by atoms with Gasteiger partial charge in [-0.15, -0.1) is 0 Å². The molecular formula is C16H29F3N2. The lowest BCUT2D eigenvalue weighted by atomic mass is 9.73. The predicted octanol–water partition coefficient (Wildman–Crippen LogP) is 3.96. The molecule has 0 spiro atoms. The minimum atomic E-state index is -4.08. The molecule has 2 nitrogen and oxygen atoms in total. The molecular weight excluding hydrogens is 277 g/mol. The molecule has 5 heteroatoms. The Morgan fingerprint density at radius 2 is 1.76 bits per heavy atom. The standard InChI is InChI=1S/C16H29F3N2/c1-13(2)20-10-15(8-4-3-5-9-15)11-21(14-6-7-14)12-16(17,18)19/h13-14,20H,3-12H2,1-2H3. The summed E-state index contributed by atoms with van der Waals surface area (Å²) in [6, 6.07) is 0.560. The zero-order valence-corrected chi connectivity index (χ0v) is 13.3. The van der Waals surface area contributed by atoms with Gasteiger partial charge in [0.2, 0.25) is 0 Å². The number of nitrogens with zero attached hydrogens (tertiary/aromatic N) is 1. The van der Waals surface area contributed by atoms with Crippen LogP contribution in [0.2, 0.25) is 0 Å². The van der Waals surface area contributed by atoms with Crippen molar-refractivity contribution in [3.63, 3.8) is 0 Å². The van der Waals surface area contributed by atoms with E-state index in [4.69, 9.17) is 0 Å². The van der Waals surface area contributed by atoms with Crippen LogP contribution in [0.5, 0.6) is 0 Å². The molecule has 2 rings (SSSR count). The van der Waals surface area contributed by atoms with Crippen LogP contribution in [0.25, 0.3) is 0 Å². The normalized spacial score (nSPS) is 23.0. The van der Waals surface area contributed by atoms with Crippen LogP contribution in [0.15, 0.2) is 0 Å². The summed E-state index contributed by atoms with van der Waals surface area (Å²) in [7, 11) is 0. The average Bonchev–Trinajstić information content (AvgIpc) is 3.19. The summed E-state index contributed by atoms with van der Waals surface area (Å²) in [5.41, 5.74) is 0.0381. The maximum Gasteiger partial charge on any atom is 0.401 e. The van der Waals surface area contributed by atoms with Gasteiger partial charge in [-0.25, -0.2) is 0 Å². The lowest BCUT2D eigenvalue weighted by Gasteiger charge is -2.42. The summed E-state index contributed by atoms with van der Waals surface area (Å²) in [6.07, 6.45) is 3.46. The largest absolute Gasteiger partial charge is 0.401 e. The molecule has 0 aromatic rings. The summed E-state index contributed by atoms with van der Waals surface area (Å²) >= 11 is 0. The van der Waals surface area contributed by atoms with Crippen molar-refractivity contribution >= 4 is 0 Å². The third-order valence-corrected chi connectivity index (χ3v) is 4.78. The lowest BCUT2D eigenvalue weighted by Crippen LogP contribution is -2.49. The van der Waals surface area contributed by atoms with Crippen LogP contribution >= 0.6 is 0 Å². The van der Waals surface area contributed by atoms with Gasteiger partial charge in [0.1, 0.15) is 0 Å². The Morgan fingerprint density at radius 1 is 1.14 bits per heavy atom. The number of rotatable bonds is 7. The Bertz CT molecular complexity index is 318. The maximum atomic E-state index is 12.8. The SMILES string of the molecule is CC(C)NCC1(CN(CC(F)(F)F)C2CC2)CCCCC1. The van der Waals surface area contributed by atoms with Crippen LogP contribution in [0.4, 0.5) is 13.2 Å². The molecule has 0 unspecified atom stereocenters. The lowest BCUT2D eigenvalue weighted by molar-refractivity contribution is -0.151. The zero-order chi connectivity index (χ0) is 15.5. The molecule has 0 saturated heterocycles. The molecule has 0 radical (unpaired) electrons. The van der Waals surface area contributed by atoms with Crippen LogP contribution in [0.1, 0.15) is 58.8 Å². The highest BCUT2D eigenvalue weighted by molar-refractivity contribution is 4.94. The molecule has 2 fully saturated rings. The molecule has 0 aromatic heterocycles. The van der Waals surface area contributed by atoms with E-state index >= 15 is 0 Å². The second-order valence-corrected chi connectivity index (χ2v) is 7.35. The Balaban J connectivity index is 2.00. The van der Waals surface area contributed by atoms with Crippen molar-refractivity contribution < 1.29 is 13.2 Å². The van der Waals surface area contributed by atoms with E-state index < -0.39 is 12.7 Å². The van der Waals surface area contributed by atoms with Gasteiger partial charge in [0, 0.05) is 25.2 Å². The van der Waals surface area contributed by atoms with Gasteiger partial charge in [0.15, 0.2) is 0 Å². The highest BCUT2D eigenvalue weighted by atomic mass is 19.4. The van der Waals surface area contributed by atoms with Crippen molar-refractivity contribution in [3.8, 4) is 0 Å². The summed E-state index contributed by atoms with van der Waals surface area (Å²) in [5.74, 6) is 0. The van der Waals surface area contributed by atoms with Gasteiger partial charge in [-0.2, -0.15) is 13.2 Å². The van der Waals surface area contributed by atoms with E-state index in [1.165, 1.54) is 6.42 Å². The van der Waals surface area contributed by atoms with Crippen LogP contribution in [0.3, 0.4) is 0 Å². The Labute approximate surface area is 126 Å². The van der Waals surface area contributed by atoms with E-state index in [2.05, 4.69) is 19.2 Å². The Hall–Kier alpha value is -0.290. The third-order valence-electron chi connectivity index (χ3n) is 4.78. The van der Waals surface area contributed by atoms with Gasteiger partial charge in [0.25, 0.3) is 0 Å². The molecule has 0 aromatic carbocycles. The maximum absolute atomic E-state index is 12.8. The first kappa shape index (κ1) is 17.1. The van der Waals surface area contributed by atoms with Crippen molar-refractivity contribution in [2.24, 2.45) is 5.41 Å². The highest BCUT2D eigenvalue weighted by Crippen LogP contribution is 2.40. The number of halogens is 3. The van der Waals surface area contributed by atoms with Crippen molar-refractivity contribution in [2.45, 2.75) is 77.1 Å². The first-order valence-electron chi connectivity index (χ1n) is 8.34. The highest BCUT2D eigenvalue weighted by Gasteiger charge is 2.42. The van der Waals surface area contributed by atoms with Crippen LogP contribution in [-0.2, 0) is 0 Å². The first-order valence-corrected chi connectivity index (χ1v) is 8.34. The fraction of sp³-hybridized carbons (Fsp3) is 1.00. The van der Waals surface area contributed by atoms with Crippen molar-refractivity contribution in [2.75, 3.05) is 19.6 Å². The third kappa shape index (κ3) is 5.78.